The minimum atomic E-state index is -5.08. The van der Waals surface area contributed by atoms with Crippen LogP contribution in [0.25, 0.3) is 10.2 Å². The average Bonchev–Trinajstić information content (AvgIpc) is 3.22. The van der Waals surface area contributed by atoms with Crippen LogP contribution < -0.4 is 4.90 Å². The smallest absolute Gasteiger partial charge is 0.475 e. The van der Waals surface area contributed by atoms with E-state index in [1.807, 2.05) is 16.3 Å². The van der Waals surface area contributed by atoms with Crippen molar-refractivity contribution in [3.8, 4) is 0 Å². The van der Waals surface area contributed by atoms with Gasteiger partial charge in [-0.15, -0.1) is 11.3 Å². The second-order valence-electron chi connectivity index (χ2n) is 7.90. The molecule has 2 aromatic rings. The van der Waals surface area contributed by atoms with Gasteiger partial charge >= 0.3 is 12.1 Å². The fraction of sp³-hybridized carbons (Fsp3) is 0.579. The molecule has 2 fully saturated rings. The first kappa shape index (κ1) is 23.2. The molecule has 170 valence electrons. The molecule has 2 aliphatic heterocycles. The Balaban J connectivity index is 0.000000339. The number of carboxylic acids is 1. The number of nitrogens with zero attached hydrogens (tertiary/aromatic N) is 4. The lowest BCUT2D eigenvalue weighted by Crippen LogP contribution is -2.42. The summed E-state index contributed by atoms with van der Waals surface area (Å²) in [6.07, 6.45) is -2.90. The molecule has 0 aromatic carbocycles. The van der Waals surface area contributed by atoms with Gasteiger partial charge in [0.2, 0.25) is 5.91 Å². The van der Waals surface area contributed by atoms with Crippen molar-refractivity contribution in [3.05, 3.63) is 17.8 Å². The van der Waals surface area contributed by atoms with Crippen LogP contribution in [0, 0.1) is 5.41 Å². The van der Waals surface area contributed by atoms with Crippen molar-refractivity contribution in [2.24, 2.45) is 5.41 Å². The van der Waals surface area contributed by atoms with E-state index in [1.54, 1.807) is 17.7 Å². The lowest BCUT2D eigenvalue weighted by atomic mass is 9.87. The van der Waals surface area contributed by atoms with E-state index in [4.69, 9.17) is 14.6 Å². The number of carboxylic acid groups (broad SMARTS) is 1. The van der Waals surface area contributed by atoms with Gasteiger partial charge in [-0.2, -0.15) is 13.2 Å². The minimum Gasteiger partial charge on any atom is -0.475 e. The lowest BCUT2D eigenvalue weighted by Gasteiger charge is -2.32. The Labute approximate surface area is 180 Å². The molecule has 4 rings (SSSR count). The van der Waals surface area contributed by atoms with E-state index in [1.165, 1.54) is 0 Å². The first-order valence-electron chi connectivity index (χ1n) is 9.63. The number of halogens is 3. The molecular formula is C19H23F3N4O4S. The van der Waals surface area contributed by atoms with E-state index in [0.29, 0.717) is 19.6 Å². The highest BCUT2D eigenvalue weighted by molar-refractivity contribution is 7.17. The van der Waals surface area contributed by atoms with Crippen molar-refractivity contribution >= 4 is 39.2 Å². The van der Waals surface area contributed by atoms with E-state index in [2.05, 4.69) is 28.7 Å². The summed E-state index contributed by atoms with van der Waals surface area (Å²) in [5.41, 5.74) is 0.836. The molecule has 0 aliphatic carbocycles. The number of amides is 1. The molecule has 2 aromatic heterocycles. The Morgan fingerprint density at radius 2 is 2.03 bits per heavy atom. The van der Waals surface area contributed by atoms with E-state index < -0.39 is 12.1 Å². The van der Waals surface area contributed by atoms with Gasteiger partial charge in [0.25, 0.3) is 0 Å². The Morgan fingerprint density at radius 3 is 2.65 bits per heavy atom. The number of aliphatic carboxylic acids is 1. The molecular weight excluding hydrogens is 437 g/mol. The third kappa shape index (κ3) is 5.24. The Hall–Kier alpha value is -2.47. The van der Waals surface area contributed by atoms with E-state index in [0.717, 1.165) is 35.7 Å². The van der Waals surface area contributed by atoms with Crippen LogP contribution in [0.5, 0.6) is 0 Å². The summed E-state index contributed by atoms with van der Waals surface area (Å²) in [6.45, 7) is 7.80. The third-order valence-corrected chi connectivity index (χ3v) is 6.08. The van der Waals surface area contributed by atoms with Crippen molar-refractivity contribution in [1.82, 2.24) is 14.9 Å². The Bertz CT molecular complexity index is 952. The van der Waals surface area contributed by atoms with Crippen LogP contribution in [0.2, 0.25) is 0 Å². The largest absolute Gasteiger partial charge is 0.490 e. The second-order valence-corrected chi connectivity index (χ2v) is 8.82. The quantitative estimate of drug-likeness (QED) is 0.736. The molecule has 0 radical (unpaired) electrons. The maximum atomic E-state index is 12.4. The molecule has 1 N–H and O–H groups in total. The summed E-state index contributed by atoms with van der Waals surface area (Å²) >= 11 is 1.67. The van der Waals surface area contributed by atoms with Crippen LogP contribution in [0.1, 0.15) is 20.3 Å². The number of ether oxygens (including phenoxy) is 1. The maximum absolute atomic E-state index is 12.4. The number of fused-ring (bicyclic) bond motifs is 1. The molecule has 4 heterocycles. The highest BCUT2D eigenvalue weighted by Crippen LogP contribution is 2.38. The molecule has 1 atom stereocenters. The minimum absolute atomic E-state index is 0.146. The van der Waals surface area contributed by atoms with Crippen LogP contribution >= 0.6 is 11.3 Å². The van der Waals surface area contributed by atoms with E-state index in [-0.39, 0.29) is 17.4 Å². The number of alkyl halides is 3. The van der Waals surface area contributed by atoms with Gasteiger partial charge < -0.3 is 19.6 Å². The predicted molar refractivity (Wildman–Crippen MR) is 108 cm³/mol. The normalized spacial score (nSPS) is 22.1. The van der Waals surface area contributed by atoms with Crippen LogP contribution in [-0.2, 0) is 14.3 Å². The van der Waals surface area contributed by atoms with Crippen molar-refractivity contribution in [2.45, 2.75) is 32.5 Å². The summed E-state index contributed by atoms with van der Waals surface area (Å²) in [7, 11) is 0. The van der Waals surface area contributed by atoms with Gasteiger partial charge in [-0.3, -0.25) is 4.79 Å². The molecule has 2 saturated heterocycles. The van der Waals surface area contributed by atoms with Gasteiger partial charge in [0.1, 0.15) is 12.1 Å². The number of hydrogen-bond donors (Lipinski definition) is 1. The monoisotopic (exact) mass is 460 g/mol. The molecule has 1 spiro atoms. The maximum Gasteiger partial charge on any atom is 0.490 e. The molecule has 12 heteroatoms. The van der Waals surface area contributed by atoms with Gasteiger partial charge in [0.05, 0.1) is 23.4 Å². The highest BCUT2D eigenvalue weighted by Gasteiger charge is 2.46. The van der Waals surface area contributed by atoms with Crippen LogP contribution in [0.15, 0.2) is 17.8 Å². The van der Waals surface area contributed by atoms with Crippen LogP contribution in [0.4, 0.5) is 19.0 Å². The van der Waals surface area contributed by atoms with Gasteiger partial charge in [-0.05, 0) is 25.3 Å². The standard InChI is InChI=1S/C17H22N4O2S.C2HF3O2/c1-12(2)21-9-17(7-14(21)22)8-20(4-5-23-10-17)16-15-13(3-6-24-15)18-11-19-16;3-2(4,5)1(6)7/h3,6,11-12H,4-5,7-10H2,1-2H3;(H,6,7). The van der Waals surface area contributed by atoms with Gasteiger partial charge in [0, 0.05) is 37.5 Å². The number of carbonyl (C=O) groups excluding carboxylic acids is 1. The number of carbonyl (C=O) groups is 2. The molecule has 31 heavy (non-hydrogen) atoms. The summed E-state index contributed by atoms with van der Waals surface area (Å²) in [6, 6.07) is 2.26. The molecule has 8 nitrogen and oxygen atoms in total. The number of likely N-dealkylation sites (tertiary alicyclic amines) is 1. The third-order valence-electron chi connectivity index (χ3n) is 5.18. The zero-order chi connectivity index (χ0) is 22.8. The fourth-order valence-corrected chi connectivity index (χ4v) is 4.64. The van der Waals surface area contributed by atoms with Crippen molar-refractivity contribution < 1.29 is 32.6 Å². The predicted octanol–water partition coefficient (Wildman–Crippen LogP) is 2.79. The first-order valence-corrected chi connectivity index (χ1v) is 10.5. The summed E-state index contributed by atoms with van der Waals surface area (Å²) in [5, 5.41) is 9.17. The molecule has 2 aliphatic rings. The molecule has 1 amide bonds. The van der Waals surface area contributed by atoms with Gasteiger partial charge in [-0.25, -0.2) is 14.8 Å². The van der Waals surface area contributed by atoms with E-state index in [9.17, 15) is 18.0 Å². The second kappa shape index (κ2) is 8.95. The molecule has 0 bridgehead atoms. The number of aromatic nitrogens is 2. The van der Waals surface area contributed by atoms with Gasteiger partial charge in [0.15, 0.2) is 0 Å². The summed E-state index contributed by atoms with van der Waals surface area (Å²) < 4.78 is 38.7. The topological polar surface area (TPSA) is 95.9 Å². The Morgan fingerprint density at radius 1 is 1.32 bits per heavy atom. The fourth-order valence-electron chi connectivity index (χ4n) is 3.78. The van der Waals surface area contributed by atoms with Gasteiger partial charge in [-0.1, -0.05) is 0 Å². The van der Waals surface area contributed by atoms with Crippen molar-refractivity contribution in [1.29, 1.82) is 0 Å². The zero-order valence-electron chi connectivity index (χ0n) is 17.1. The summed E-state index contributed by atoms with van der Waals surface area (Å²) in [5.74, 6) is -1.55. The number of anilines is 1. The first-order chi connectivity index (χ1) is 14.5. The lowest BCUT2D eigenvalue weighted by molar-refractivity contribution is -0.192. The summed E-state index contributed by atoms with van der Waals surface area (Å²) in [4.78, 5) is 34.5. The van der Waals surface area contributed by atoms with Crippen molar-refractivity contribution in [2.75, 3.05) is 37.7 Å². The number of rotatable bonds is 2. The molecule has 0 saturated carbocycles. The van der Waals surface area contributed by atoms with Crippen molar-refractivity contribution in [3.63, 3.8) is 0 Å². The molecule has 1 unspecified atom stereocenters. The number of hydrogen-bond acceptors (Lipinski definition) is 7. The van der Waals surface area contributed by atoms with Crippen LogP contribution in [0.3, 0.4) is 0 Å². The average molecular weight is 460 g/mol. The SMILES string of the molecule is CC(C)N1CC2(COCCN(c3ncnc4ccsc34)C2)CC1=O.O=C(O)C(F)(F)F. The highest BCUT2D eigenvalue weighted by atomic mass is 32.1. The van der Waals surface area contributed by atoms with Crippen LogP contribution in [-0.4, -0.2) is 76.9 Å². The Kier molecular flexibility index (Phi) is 6.70. The number of thiophene rings is 1. The van der Waals surface area contributed by atoms with E-state index >= 15 is 0 Å². The zero-order valence-corrected chi connectivity index (χ0v) is 17.9.